The van der Waals surface area contributed by atoms with E-state index in [9.17, 15) is 0 Å². The second-order valence-corrected chi connectivity index (χ2v) is 6.20. The molecule has 7 heteroatoms. The number of rotatable bonds is 4. The number of aromatic nitrogens is 3. The molecule has 0 atom stereocenters. The summed E-state index contributed by atoms with van der Waals surface area (Å²) in [4.78, 5) is 9.14. The predicted molar refractivity (Wildman–Crippen MR) is 83.0 cm³/mol. The Morgan fingerprint density at radius 3 is 2.90 bits per heavy atom. The van der Waals surface area contributed by atoms with Crippen LogP contribution < -0.4 is 5.32 Å². The van der Waals surface area contributed by atoms with E-state index in [1.807, 2.05) is 29.0 Å². The van der Waals surface area contributed by atoms with E-state index in [2.05, 4.69) is 15.3 Å². The van der Waals surface area contributed by atoms with E-state index >= 15 is 0 Å². The zero-order chi connectivity index (χ0) is 13.9. The topological polar surface area (TPSA) is 42.7 Å². The van der Waals surface area contributed by atoms with Crippen LogP contribution in [0.4, 0.5) is 5.69 Å². The molecule has 0 spiro atoms. The van der Waals surface area contributed by atoms with Gasteiger partial charge in [0.1, 0.15) is 0 Å². The Kier molecular flexibility index (Phi) is 3.91. The summed E-state index contributed by atoms with van der Waals surface area (Å²) in [5, 5.41) is 4.03. The lowest BCUT2D eigenvalue weighted by molar-refractivity contribution is 1.05. The summed E-state index contributed by atoms with van der Waals surface area (Å²) in [6, 6.07) is 5.69. The molecule has 20 heavy (non-hydrogen) atoms. The van der Waals surface area contributed by atoms with E-state index in [1.165, 1.54) is 11.3 Å². The van der Waals surface area contributed by atoms with Gasteiger partial charge in [0, 0.05) is 28.5 Å². The Morgan fingerprint density at radius 2 is 2.20 bits per heavy atom. The largest absolute Gasteiger partial charge is 0.378 e. The number of imidazole rings is 1. The Balaban J connectivity index is 1.86. The Labute approximate surface area is 130 Å². The van der Waals surface area contributed by atoms with Gasteiger partial charge in [0.15, 0.2) is 4.47 Å². The van der Waals surface area contributed by atoms with Gasteiger partial charge in [-0.05, 0) is 18.2 Å². The third-order valence-electron chi connectivity index (χ3n) is 2.72. The molecule has 0 radical (unpaired) electrons. The lowest BCUT2D eigenvalue weighted by atomic mass is 10.2. The van der Waals surface area contributed by atoms with Crippen LogP contribution in [0.1, 0.15) is 4.88 Å². The van der Waals surface area contributed by atoms with E-state index in [4.69, 9.17) is 23.2 Å². The van der Waals surface area contributed by atoms with Gasteiger partial charge in [0.2, 0.25) is 0 Å². The monoisotopic (exact) mass is 324 g/mol. The molecule has 1 aromatic carbocycles. The SMILES string of the molecule is Clc1ccc(-n2ccnc2)c(NCc2cnc(Cl)s2)c1. The lowest BCUT2D eigenvalue weighted by Gasteiger charge is -2.12. The van der Waals surface area contributed by atoms with Gasteiger partial charge in [-0.15, -0.1) is 11.3 Å². The molecule has 0 aliphatic carbocycles. The van der Waals surface area contributed by atoms with Crippen molar-refractivity contribution < 1.29 is 0 Å². The third kappa shape index (κ3) is 2.95. The van der Waals surface area contributed by atoms with Crippen molar-refractivity contribution in [2.45, 2.75) is 6.54 Å². The van der Waals surface area contributed by atoms with E-state index < -0.39 is 0 Å². The predicted octanol–water partition coefficient (Wildman–Crippen LogP) is 4.25. The number of nitrogens with one attached hydrogen (secondary N) is 1. The summed E-state index contributed by atoms with van der Waals surface area (Å²) in [6.07, 6.45) is 7.14. The lowest BCUT2D eigenvalue weighted by Crippen LogP contribution is -2.02. The summed E-state index contributed by atoms with van der Waals surface area (Å²) >= 11 is 13.3. The summed E-state index contributed by atoms with van der Waals surface area (Å²) in [5.74, 6) is 0. The molecule has 4 nitrogen and oxygen atoms in total. The van der Waals surface area contributed by atoms with Crippen LogP contribution in [0, 0.1) is 0 Å². The highest BCUT2D eigenvalue weighted by atomic mass is 35.5. The molecule has 2 aromatic heterocycles. The van der Waals surface area contributed by atoms with Gasteiger partial charge >= 0.3 is 0 Å². The molecular weight excluding hydrogens is 315 g/mol. The van der Waals surface area contributed by atoms with E-state index in [0.717, 1.165) is 16.3 Å². The smallest absolute Gasteiger partial charge is 0.183 e. The summed E-state index contributed by atoms with van der Waals surface area (Å²) < 4.78 is 2.47. The first-order valence-electron chi connectivity index (χ1n) is 5.84. The molecule has 3 aromatic rings. The molecule has 0 saturated heterocycles. The minimum Gasteiger partial charge on any atom is -0.378 e. The highest BCUT2D eigenvalue weighted by Gasteiger charge is 2.06. The molecule has 0 aliphatic rings. The maximum atomic E-state index is 6.07. The van der Waals surface area contributed by atoms with E-state index in [1.54, 1.807) is 18.7 Å². The molecule has 0 aliphatic heterocycles. The van der Waals surface area contributed by atoms with E-state index in [-0.39, 0.29) is 0 Å². The Morgan fingerprint density at radius 1 is 1.30 bits per heavy atom. The molecule has 102 valence electrons. The minimum atomic E-state index is 0.544. The number of hydrogen-bond acceptors (Lipinski definition) is 4. The van der Waals surface area contributed by atoms with Gasteiger partial charge in [0.05, 0.1) is 24.2 Å². The molecule has 0 bridgehead atoms. The number of anilines is 1. The zero-order valence-electron chi connectivity index (χ0n) is 10.3. The first-order chi connectivity index (χ1) is 9.72. The summed E-state index contributed by atoms with van der Waals surface area (Å²) in [6.45, 7) is 0.645. The van der Waals surface area contributed by atoms with Crippen LogP contribution in [0.3, 0.4) is 0 Å². The number of benzene rings is 1. The first kappa shape index (κ1) is 13.4. The number of thiazole rings is 1. The Hall–Kier alpha value is -1.56. The molecule has 0 amide bonds. The summed E-state index contributed by atoms with van der Waals surface area (Å²) in [7, 11) is 0. The van der Waals surface area contributed by atoms with Crippen LogP contribution in [0.2, 0.25) is 9.49 Å². The maximum absolute atomic E-state index is 6.07. The van der Waals surface area contributed by atoms with Crippen LogP contribution in [0.5, 0.6) is 0 Å². The fraction of sp³-hybridized carbons (Fsp3) is 0.0769. The molecule has 0 unspecified atom stereocenters. The molecule has 2 heterocycles. The van der Waals surface area contributed by atoms with Gasteiger partial charge in [-0.2, -0.15) is 0 Å². The third-order valence-corrected chi connectivity index (χ3v) is 4.07. The standard InChI is InChI=1S/C13H10Cl2N4S/c14-9-1-2-12(19-4-3-16-8-19)11(5-9)17-6-10-7-18-13(15)20-10/h1-5,7-8,17H,6H2. The van der Waals surface area contributed by atoms with Gasteiger partial charge < -0.3 is 9.88 Å². The number of halogens is 2. The first-order valence-corrected chi connectivity index (χ1v) is 7.41. The molecule has 1 N–H and O–H groups in total. The average Bonchev–Trinajstić information content (AvgIpc) is 3.08. The normalized spacial score (nSPS) is 10.7. The summed E-state index contributed by atoms with van der Waals surface area (Å²) in [5.41, 5.74) is 1.92. The molecular formula is C13H10Cl2N4S. The van der Waals surface area contributed by atoms with Crippen LogP contribution in [0.25, 0.3) is 5.69 Å². The van der Waals surface area contributed by atoms with E-state index in [0.29, 0.717) is 16.0 Å². The number of hydrogen-bond donors (Lipinski definition) is 1. The van der Waals surface area contributed by atoms with Crippen LogP contribution in [0.15, 0.2) is 43.1 Å². The number of nitrogens with zero attached hydrogens (tertiary/aromatic N) is 3. The molecule has 3 rings (SSSR count). The fourth-order valence-electron chi connectivity index (χ4n) is 1.82. The van der Waals surface area contributed by atoms with Crippen molar-refractivity contribution in [1.29, 1.82) is 0 Å². The molecule has 0 saturated carbocycles. The van der Waals surface area contributed by atoms with Crippen molar-refractivity contribution in [2.75, 3.05) is 5.32 Å². The van der Waals surface area contributed by atoms with Crippen molar-refractivity contribution in [1.82, 2.24) is 14.5 Å². The Bertz CT molecular complexity index is 709. The van der Waals surface area contributed by atoms with Crippen LogP contribution in [-0.4, -0.2) is 14.5 Å². The van der Waals surface area contributed by atoms with Crippen LogP contribution in [-0.2, 0) is 6.54 Å². The zero-order valence-corrected chi connectivity index (χ0v) is 12.6. The fourth-order valence-corrected chi connectivity index (χ4v) is 2.91. The van der Waals surface area contributed by atoms with Gasteiger partial charge in [-0.25, -0.2) is 9.97 Å². The second-order valence-electron chi connectivity index (χ2n) is 4.06. The maximum Gasteiger partial charge on any atom is 0.183 e. The molecule has 0 fully saturated rings. The highest BCUT2D eigenvalue weighted by Crippen LogP contribution is 2.26. The van der Waals surface area contributed by atoms with Crippen molar-refractivity contribution >= 4 is 40.2 Å². The highest BCUT2D eigenvalue weighted by molar-refractivity contribution is 7.15. The van der Waals surface area contributed by atoms with Crippen molar-refractivity contribution in [2.24, 2.45) is 0 Å². The van der Waals surface area contributed by atoms with Gasteiger partial charge in [-0.1, -0.05) is 23.2 Å². The van der Waals surface area contributed by atoms with Crippen molar-refractivity contribution in [3.63, 3.8) is 0 Å². The van der Waals surface area contributed by atoms with Crippen molar-refractivity contribution in [3.8, 4) is 5.69 Å². The average molecular weight is 325 g/mol. The van der Waals surface area contributed by atoms with Crippen molar-refractivity contribution in [3.05, 3.63) is 57.5 Å². The quantitative estimate of drug-likeness (QED) is 0.780. The second kappa shape index (κ2) is 5.83. The van der Waals surface area contributed by atoms with Gasteiger partial charge in [-0.3, -0.25) is 0 Å². The minimum absolute atomic E-state index is 0.544. The van der Waals surface area contributed by atoms with Gasteiger partial charge in [0.25, 0.3) is 0 Å². The van der Waals surface area contributed by atoms with Crippen LogP contribution >= 0.6 is 34.5 Å².